The molecule has 26 heavy (non-hydrogen) atoms. The lowest BCUT2D eigenvalue weighted by Gasteiger charge is -2.39. The molecule has 0 bridgehead atoms. The molecule has 9 heteroatoms. The van der Waals surface area contributed by atoms with Crippen LogP contribution < -0.4 is 5.32 Å². The van der Waals surface area contributed by atoms with Gasteiger partial charge in [0.2, 0.25) is 6.41 Å². The van der Waals surface area contributed by atoms with E-state index in [2.05, 4.69) is 39.2 Å². The van der Waals surface area contributed by atoms with Crippen molar-refractivity contribution in [2.45, 2.75) is 76.3 Å². The molecule has 1 aliphatic heterocycles. The molecule has 1 amide bonds. The van der Waals surface area contributed by atoms with Crippen molar-refractivity contribution >= 4 is 20.7 Å². The number of aliphatic hydroxyl groups is 1. The number of esters is 1. The molecule has 0 aromatic heterocycles. The second-order valence-corrected chi connectivity index (χ2v) is 12.8. The summed E-state index contributed by atoms with van der Waals surface area (Å²) in [7, 11) is -0.648. The zero-order valence-electron chi connectivity index (χ0n) is 16.8. The van der Waals surface area contributed by atoms with Gasteiger partial charge in [0.1, 0.15) is 11.7 Å². The van der Waals surface area contributed by atoms with Crippen molar-refractivity contribution in [1.82, 2.24) is 5.32 Å². The van der Waals surface area contributed by atoms with Gasteiger partial charge < -0.3 is 29.1 Å². The van der Waals surface area contributed by atoms with Crippen molar-refractivity contribution in [1.29, 1.82) is 0 Å². The Morgan fingerprint density at radius 1 is 1.46 bits per heavy atom. The first-order valence-corrected chi connectivity index (χ1v) is 11.7. The minimum Gasteiger partial charge on any atom is -0.464 e. The summed E-state index contributed by atoms with van der Waals surface area (Å²) in [6.45, 7) is 12.4. The number of rotatable bonds is 9. The van der Waals surface area contributed by atoms with Crippen LogP contribution in [0.25, 0.3) is 0 Å². The molecule has 1 aliphatic rings. The highest BCUT2D eigenvalue weighted by molar-refractivity contribution is 6.74. The second-order valence-electron chi connectivity index (χ2n) is 8.03. The largest absolute Gasteiger partial charge is 0.464 e. The quantitative estimate of drug-likeness (QED) is 0.345. The van der Waals surface area contributed by atoms with Crippen molar-refractivity contribution in [3.05, 3.63) is 0 Å². The van der Waals surface area contributed by atoms with E-state index in [0.717, 1.165) is 0 Å². The summed E-state index contributed by atoms with van der Waals surface area (Å²) in [5.74, 6) is -0.722. The van der Waals surface area contributed by atoms with Crippen LogP contribution >= 0.6 is 0 Å². The number of hydrogen-bond acceptors (Lipinski definition) is 7. The molecule has 2 N–H and O–H groups in total. The summed E-state index contributed by atoms with van der Waals surface area (Å²) >= 11 is 0. The molecule has 4 atom stereocenters. The number of carbonyl (C=O) groups excluding carboxylic acids is 2. The summed E-state index contributed by atoms with van der Waals surface area (Å²) in [6, 6.07) is -1.27. The molecule has 1 heterocycles. The van der Waals surface area contributed by atoms with Crippen LogP contribution in [0.4, 0.5) is 0 Å². The van der Waals surface area contributed by atoms with Crippen LogP contribution in [0, 0.1) is 0 Å². The maximum absolute atomic E-state index is 12.3. The van der Waals surface area contributed by atoms with Gasteiger partial charge in [0.05, 0.1) is 13.2 Å². The number of ether oxygens (including phenoxy) is 3. The molecular weight excluding hydrogens is 358 g/mol. The zero-order chi connectivity index (χ0) is 20.2. The lowest BCUT2D eigenvalue weighted by Crippen LogP contribution is -2.61. The van der Waals surface area contributed by atoms with E-state index in [1.165, 1.54) is 7.11 Å². The minimum atomic E-state index is -2.10. The Kier molecular flexibility index (Phi) is 7.79. The second kappa shape index (κ2) is 8.79. The smallest absolute Gasteiger partial charge is 0.331 e. The summed E-state index contributed by atoms with van der Waals surface area (Å²) in [5, 5.41) is 13.6. The highest BCUT2D eigenvalue weighted by Gasteiger charge is 2.56. The third kappa shape index (κ3) is 5.04. The molecule has 0 aliphatic carbocycles. The molecule has 0 radical (unpaired) electrons. The van der Waals surface area contributed by atoms with E-state index in [1.54, 1.807) is 6.92 Å². The normalized spacial score (nSPS) is 27.8. The molecule has 0 aromatic rings. The third-order valence-corrected chi connectivity index (χ3v) is 9.79. The first-order valence-electron chi connectivity index (χ1n) is 8.83. The van der Waals surface area contributed by atoms with E-state index < -0.39 is 38.3 Å². The lowest BCUT2D eigenvalue weighted by atomic mass is 9.87. The van der Waals surface area contributed by atoms with E-state index in [1.807, 2.05) is 0 Å². The molecule has 1 fully saturated rings. The Balaban J connectivity index is 3.06. The summed E-state index contributed by atoms with van der Waals surface area (Å²) < 4.78 is 22.1. The third-order valence-electron chi connectivity index (χ3n) is 5.29. The van der Waals surface area contributed by atoms with Gasteiger partial charge in [-0.1, -0.05) is 20.8 Å². The highest BCUT2D eigenvalue weighted by atomic mass is 28.4. The predicted octanol–water partition coefficient (Wildman–Crippen LogP) is 1.18. The SMILES string of the molecule is CCOC(=O)[C@@H](NC=O)[C@@]1(O)CC(OC)O[C@@H]1CO[Si](C)(C)C(C)(C)C. The van der Waals surface area contributed by atoms with Crippen molar-refractivity contribution < 1.29 is 33.3 Å². The van der Waals surface area contributed by atoms with Gasteiger partial charge in [0.25, 0.3) is 0 Å². The fraction of sp³-hybridized carbons (Fsp3) is 0.882. The van der Waals surface area contributed by atoms with Crippen LogP contribution in [0.3, 0.4) is 0 Å². The van der Waals surface area contributed by atoms with Crippen LogP contribution in [0.2, 0.25) is 18.1 Å². The Morgan fingerprint density at radius 3 is 2.54 bits per heavy atom. The monoisotopic (exact) mass is 391 g/mol. The van der Waals surface area contributed by atoms with Crippen LogP contribution in [0.1, 0.15) is 34.1 Å². The number of methoxy groups -OCH3 is 1. The van der Waals surface area contributed by atoms with Crippen LogP contribution in [-0.4, -0.2) is 70.2 Å². The summed E-state index contributed by atoms with van der Waals surface area (Å²) in [5.41, 5.74) is -1.70. The van der Waals surface area contributed by atoms with Crippen LogP contribution in [-0.2, 0) is 28.2 Å². The molecule has 152 valence electrons. The van der Waals surface area contributed by atoms with Gasteiger partial charge in [-0.25, -0.2) is 4.79 Å². The van der Waals surface area contributed by atoms with Gasteiger partial charge in [-0.3, -0.25) is 4.79 Å². The molecule has 1 rings (SSSR count). The van der Waals surface area contributed by atoms with Crippen molar-refractivity contribution in [3.63, 3.8) is 0 Å². The Labute approximate surface area is 156 Å². The molecule has 1 saturated heterocycles. The number of amides is 1. The standard InChI is InChI=1S/C17H33NO7Si/c1-8-23-15(20)14(18-11-19)17(21)9-13(22-5)25-12(17)10-24-26(6,7)16(2,3)4/h11-14,21H,8-10H2,1-7H3,(H,18,19)/t12-,13?,14-,17-/m1/s1. The van der Waals surface area contributed by atoms with Gasteiger partial charge in [-0.2, -0.15) is 0 Å². The first-order chi connectivity index (χ1) is 11.9. The fourth-order valence-corrected chi connectivity index (χ4v) is 3.59. The molecule has 0 spiro atoms. The number of carbonyl (C=O) groups is 2. The Bertz CT molecular complexity index is 494. The van der Waals surface area contributed by atoms with E-state index in [9.17, 15) is 14.7 Å². The lowest BCUT2D eigenvalue weighted by molar-refractivity contribution is -0.162. The van der Waals surface area contributed by atoms with Gasteiger partial charge in [-0.05, 0) is 25.1 Å². The molecular formula is C17H33NO7Si. The Hall–Kier alpha value is -1.00. The molecule has 0 aromatic carbocycles. The number of hydrogen-bond donors (Lipinski definition) is 2. The number of nitrogens with one attached hydrogen (secondary N) is 1. The Morgan fingerprint density at radius 2 is 2.08 bits per heavy atom. The van der Waals surface area contributed by atoms with Crippen LogP contribution in [0.15, 0.2) is 0 Å². The predicted molar refractivity (Wildman–Crippen MR) is 98.0 cm³/mol. The van der Waals surface area contributed by atoms with Crippen molar-refractivity contribution in [2.75, 3.05) is 20.3 Å². The van der Waals surface area contributed by atoms with Gasteiger partial charge in [0.15, 0.2) is 20.6 Å². The minimum absolute atomic E-state index is 0.0132. The van der Waals surface area contributed by atoms with Crippen molar-refractivity contribution in [2.24, 2.45) is 0 Å². The summed E-state index contributed by atoms with van der Waals surface area (Å²) in [6.07, 6.45) is -1.17. The molecule has 1 unspecified atom stereocenters. The first kappa shape index (κ1) is 23.0. The maximum Gasteiger partial charge on any atom is 0.331 e. The van der Waals surface area contributed by atoms with Crippen LogP contribution in [0.5, 0.6) is 0 Å². The topological polar surface area (TPSA) is 103 Å². The van der Waals surface area contributed by atoms with Gasteiger partial charge in [-0.15, -0.1) is 0 Å². The van der Waals surface area contributed by atoms with E-state index in [-0.39, 0.29) is 24.7 Å². The highest BCUT2D eigenvalue weighted by Crippen LogP contribution is 2.39. The van der Waals surface area contributed by atoms with Gasteiger partial charge >= 0.3 is 5.97 Å². The van der Waals surface area contributed by atoms with Crippen molar-refractivity contribution in [3.8, 4) is 0 Å². The van der Waals surface area contributed by atoms with Gasteiger partial charge in [0, 0.05) is 13.5 Å². The van der Waals surface area contributed by atoms with E-state index in [4.69, 9.17) is 18.6 Å². The maximum atomic E-state index is 12.3. The molecule has 0 saturated carbocycles. The summed E-state index contributed by atoms with van der Waals surface area (Å²) in [4.78, 5) is 23.3. The zero-order valence-corrected chi connectivity index (χ0v) is 17.8. The molecule has 8 nitrogen and oxygen atoms in total. The average Bonchev–Trinajstić information content (AvgIpc) is 2.86. The van der Waals surface area contributed by atoms with E-state index >= 15 is 0 Å². The van der Waals surface area contributed by atoms with E-state index in [0.29, 0.717) is 6.41 Å². The average molecular weight is 392 g/mol. The fourth-order valence-electron chi connectivity index (χ4n) is 2.58.